The van der Waals surface area contributed by atoms with E-state index in [1.807, 2.05) is 0 Å². The Morgan fingerprint density at radius 3 is 2.23 bits per heavy atom. The molecule has 0 spiro atoms. The maximum absolute atomic E-state index is 13.8. The van der Waals surface area contributed by atoms with E-state index in [4.69, 9.17) is 16.3 Å². The molecule has 0 aliphatic rings. The Bertz CT molecular complexity index is 1150. The highest BCUT2D eigenvalue weighted by atomic mass is 35.5. The van der Waals surface area contributed by atoms with E-state index in [-0.39, 0.29) is 10.6 Å². The average Bonchev–Trinajstić information content (AvgIpc) is 2.75. The first kappa shape index (κ1) is 22.6. The van der Waals surface area contributed by atoms with Gasteiger partial charge in [-0.1, -0.05) is 30.7 Å². The SMILES string of the molecule is CC[C@H](Oc1ccccc1F)C(=O)Nc1ccc(S(=O)(=O)Nc2ccc(Cl)cc2)cc1. The summed E-state index contributed by atoms with van der Waals surface area (Å²) in [5.74, 6) is -1.05. The van der Waals surface area contributed by atoms with Crippen LogP contribution < -0.4 is 14.8 Å². The summed E-state index contributed by atoms with van der Waals surface area (Å²) in [7, 11) is -3.81. The van der Waals surface area contributed by atoms with E-state index in [1.54, 1.807) is 37.3 Å². The van der Waals surface area contributed by atoms with E-state index >= 15 is 0 Å². The van der Waals surface area contributed by atoms with Crippen LogP contribution in [-0.4, -0.2) is 20.4 Å². The summed E-state index contributed by atoms with van der Waals surface area (Å²) in [5, 5.41) is 3.14. The number of rotatable bonds is 8. The second-order valence-electron chi connectivity index (χ2n) is 6.57. The van der Waals surface area contributed by atoms with Gasteiger partial charge in [0.25, 0.3) is 15.9 Å². The van der Waals surface area contributed by atoms with Crippen LogP contribution in [0.15, 0.2) is 77.7 Å². The molecule has 0 saturated carbocycles. The van der Waals surface area contributed by atoms with Crippen LogP contribution in [0.5, 0.6) is 5.75 Å². The lowest BCUT2D eigenvalue weighted by Crippen LogP contribution is -2.32. The summed E-state index contributed by atoms with van der Waals surface area (Å²) >= 11 is 5.81. The van der Waals surface area contributed by atoms with Gasteiger partial charge >= 0.3 is 0 Å². The first-order valence-corrected chi connectivity index (χ1v) is 11.2. The van der Waals surface area contributed by atoms with Gasteiger partial charge in [0, 0.05) is 16.4 Å². The van der Waals surface area contributed by atoms with Crippen LogP contribution in [-0.2, 0) is 14.8 Å². The molecule has 0 bridgehead atoms. The van der Waals surface area contributed by atoms with Gasteiger partial charge in [-0.25, -0.2) is 12.8 Å². The fourth-order valence-electron chi connectivity index (χ4n) is 2.69. The van der Waals surface area contributed by atoms with Crippen molar-refractivity contribution in [2.24, 2.45) is 0 Å². The van der Waals surface area contributed by atoms with E-state index in [2.05, 4.69) is 10.0 Å². The lowest BCUT2D eigenvalue weighted by atomic mass is 10.2. The number of nitrogens with one attached hydrogen (secondary N) is 2. The summed E-state index contributed by atoms with van der Waals surface area (Å²) in [6.45, 7) is 1.74. The number of hydrogen-bond acceptors (Lipinski definition) is 4. The van der Waals surface area contributed by atoms with Crippen LogP contribution in [0.1, 0.15) is 13.3 Å². The smallest absolute Gasteiger partial charge is 0.265 e. The molecule has 0 fully saturated rings. The van der Waals surface area contributed by atoms with Crippen molar-refractivity contribution in [1.82, 2.24) is 0 Å². The maximum Gasteiger partial charge on any atom is 0.265 e. The lowest BCUT2D eigenvalue weighted by Gasteiger charge is -2.17. The first-order chi connectivity index (χ1) is 14.8. The molecule has 31 heavy (non-hydrogen) atoms. The van der Waals surface area contributed by atoms with Gasteiger partial charge in [-0.3, -0.25) is 9.52 Å². The number of hydrogen-bond donors (Lipinski definition) is 2. The summed E-state index contributed by atoms with van der Waals surface area (Å²) in [5.41, 5.74) is 0.754. The molecule has 162 valence electrons. The van der Waals surface area contributed by atoms with E-state index in [1.165, 1.54) is 42.5 Å². The number of carbonyl (C=O) groups is 1. The topological polar surface area (TPSA) is 84.5 Å². The molecule has 3 rings (SSSR count). The molecule has 0 aromatic heterocycles. The molecule has 1 atom stereocenters. The Hall–Kier alpha value is -3.10. The highest BCUT2D eigenvalue weighted by molar-refractivity contribution is 7.92. The Morgan fingerprint density at radius 1 is 1.00 bits per heavy atom. The minimum absolute atomic E-state index is 0.0146. The number of benzene rings is 3. The largest absolute Gasteiger partial charge is 0.478 e. The van der Waals surface area contributed by atoms with Gasteiger partial charge in [0.05, 0.1) is 4.90 Å². The van der Waals surface area contributed by atoms with Gasteiger partial charge < -0.3 is 10.1 Å². The van der Waals surface area contributed by atoms with Crippen LogP contribution in [0.3, 0.4) is 0 Å². The van der Waals surface area contributed by atoms with Crippen LogP contribution in [0.4, 0.5) is 15.8 Å². The Morgan fingerprint density at radius 2 is 1.61 bits per heavy atom. The number of amides is 1. The number of anilines is 2. The standard InChI is InChI=1S/C22H20ClFN2O4S/c1-2-20(30-21-6-4-3-5-19(21)24)22(27)25-16-11-13-18(14-12-16)31(28,29)26-17-9-7-15(23)8-10-17/h3-14,20,26H,2H2,1H3,(H,25,27)/t20-/m0/s1. The van der Waals surface area contributed by atoms with E-state index in [0.29, 0.717) is 22.8 Å². The summed E-state index contributed by atoms with van der Waals surface area (Å²) < 4.78 is 46.8. The van der Waals surface area contributed by atoms with E-state index in [0.717, 1.165) is 0 Å². The Kier molecular flexibility index (Phi) is 7.14. The molecule has 0 radical (unpaired) electrons. The molecular weight excluding hydrogens is 443 g/mol. The van der Waals surface area contributed by atoms with Crippen LogP contribution in [0.25, 0.3) is 0 Å². The van der Waals surface area contributed by atoms with Gasteiger partial charge in [-0.15, -0.1) is 0 Å². The van der Waals surface area contributed by atoms with Crippen molar-refractivity contribution >= 4 is 38.9 Å². The number of carbonyl (C=O) groups excluding carboxylic acids is 1. The molecule has 0 heterocycles. The zero-order valence-electron chi connectivity index (χ0n) is 16.5. The van der Waals surface area contributed by atoms with Crippen molar-refractivity contribution in [3.63, 3.8) is 0 Å². The van der Waals surface area contributed by atoms with Crippen LogP contribution >= 0.6 is 11.6 Å². The Labute approximate surface area is 185 Å². The quantitative estimate of drug-likeness (QED) is 0.489. The number of sulfonamides is 1. The maximum atomic E-state index is 13.8. The average molecular weight is 463 g/mol. The highest BCUT2D eigenvalue weighted by Gasteiger charge is 2.20. The van der Waals surface area contributed by atoms with Crippen molar-refractivity contribution in [1.29, 1.82) is 0 Å². The number of ether oxygens (including phenoxy) is 1. The first-order valence-electron chi connectivity index (χ1n) is 9.39. The summed E-state index contributed by atoms with van der Waals surface area (Å²) in [6.07, 6.45) is -0.593. The minimum Gasteiger partial charge on any atom is -0.478 e. The summed E-state index contributed by atoms with van der Waals surface area (Å²) in [4.78, 5) is 12.5. The van der Waals surface area contributed by atoms with E-state index < -0.39 is 27.9 Å². The molecule has 0 aliphatic heterocycles. The number of para-hydroxylation sites is 1. The van der Waals surface area contributed by atoms with Crippen LogP contribution in [0, 0.1) is 5.82 Å². The van der Waals surface area contributed by atoms with E-state index in [9.17, 15) is 17.6 Å². The number of halogens is 2. The molecule has 0 unspecified atom stereocenters. The fourth-order valence-corrected chi connectivity index (χ4v) is 3.87. The Balaban J connectivity index is 1.67. The van der Waals surface area contributed by atoms with Crippen molar-refractivity contribution < 1.29 is 22.3 Å². The van der Waals surface area contributed by atoms with Gasteiger partial charge in [-0.2, -0.15) is 0 Å². The molecule has 0 aliphatic carbocycles. The predicted molar refractivity (Wildman–Crippen MR) is 118 cm³/mol. The molecule has 1 amide bonds. The zero-order valence-corrected chi connectivity index (χ0v) is 18.1. The van der Waals surface area contributed by atoms with Gasteiger partial charge in [0.2, 0.25) is 0 Å². The molecule has 6 nitrogen and oxygen atoms in total. The molecule has 0 saturated heterocycles. The fraction of sp³-hybridized carbons (Fsp3) is 0.136. The molecule has 3 aromatic rings. The van der Waals surface area contributed by atoms with Crippen molar-refractivity contribution in [2.45, 2.75) is 24.3 Å². The third kappa shape index (κ3) is 5.96. The van der Waals surface area contributed by atoms with Crippen molar-refractivity contribution in [3.8, 4) is 5.75 Å². The van der Waals surface area contributed by atoms with Gasteiger partial charge in [-0.05, 0) is 67.1 Å². The predicted octanol–water partition coefficient (Wildman–Crippen LogP) is 5.08. The van der Waals surface area contributed by atoms with Crippen LogP contribution in [0.2, 0.25) is 5.02 Å². The van der Waals surface area contributed by atoms with Crippen molar-refractivity contribution in [3.05, 3.63) is 83.6 Å². The van der Waals surface area contributed by atoms with Crippen molar-refractivity contribution in [2.75, 3.05) is 10.0 Å². The second kappa shape index (κ2) is 9.80. The normalized spacial score (nSPS) is 12.1. The summed E-state index contributed by atoms with van der Waals surface area (Å²) in [6, 6.07) is 17.7. The lowest BCUT2D eigenvalue weighted by molar-refractivity contribution is -0.122. The third-order valence-electron chi connectivity index (χ3n) is 4.30. The minimum atomic E-state index is -3.81. The third-order valence-corrected chi connectivity index (χ3v) is 5.95. The van der Waals surface area contributed by atoms with Gasteiger partial charge in [0.15, 0.2) is 17.7 Å². The zero-order chi connectivity index (χ0) is 22.4. The molecular formula is C22H20ClFN2O4S. The van der Waals surface area contributed by atoms with Gasteiger partial charge in [0.1, 0.15) is 0 Å². The monoisotopic (exact) mass is 462 g/mol. The highest BCUT2D eigenvalue weighted by Crippen LogP contribution is 2.21. The molecule has 2 N–H and O–H groups in total. The second-order valence-corrected chi connectivity index (χ2v) is 8.69. The molecule has 3 aromatic carbocycles. The molecule has 9 heteroatoms.